The second kappa shape index (κ2) is 67.3. The van der Waals surface area contributed by atoms with Crippen LogP contribution in [-0.2, 0) is 121 Å². The molecular formula is C91H153N27O32. The van der Waals surface area contributed by atoms with E-state index in [9.17, 15) is 156 Å². The van der Waals surface area contributed by atoms with Crippen LogP contribution in [0.3, 0.4) is 0 Å². The molecule has 25 atom stereocenters. The van der Waals surface area contributed by atoms with Crippen molar-refractivity contribution in [3.63, 3.8) is 0 Å². The van der Waals surface area contributed by atoms with E-state index >= 15 is 0 Å². The highest BCUT2D eigenvalue weighted by Gasteiger charge is 2.43. The Morgan fingerprint density at radius 2 is 0.580 bits per heavy atom. The van der Waals surface area contributed by atoms with Crippen molar-refractivity contribution in [2.45, 2.75) is 314 Å². The fraction of sp³-hybridized carbons (Fsp3) is 0.659. The van der Waals surface area contributed by atoms with Crippen LogP contribution in [0.25, 0.3) is 0 Å². The molecule has 0 aliphatic carbocycles. The number of phenols is 1. The van der Waals surface area contributed by atoms with E-state index in [0.717, 1.165) is 20.8 Å². The monoisotopic (exact) mass is 2140 g/mol. The molecule has 0 aromatic heterocycles. The van der Waals surface area contributed by atoms with Crippen LogP contribution < -0.4 is 141 Å². The summed E-state index contributed by atoms with van der Waals surface area (Å²) < 4.78 is 0. The minimum atomic E-state index is -2.10. The number of rotatable bonds is 71. The van der Waals surface area contributed by atoms with Crippen molar-refractivity contribution >= 4 is 148 Å². The average molecular weight is 2140 g/mol. The second-order valence-electron chi connectivity index (χ2n) is 36.7. The first-order valence-electron chi connectivity index (χ1n) is 48.7. The Labute approximate surface area is 864 Å². The van der Waals surface area contributed by atoms with Crippen molar-refractivity contribution in [2.24, 2.45) is 64.0 Å². The smallest absolute Gasteiger partial charge is 0.326 e. The van der Waals surface area contributed by atoms with Crippen LogP contribution in [0, 0.1) is 35.0 Å². The van der Waals surface area contributed by atoms with E-state index in [-0.39, 0.29) is 83.0 Å². The lowest BCUT2D eigenvalue weighted by Gasteiger charge is -2.31. The minimum absolute atomic E-state index is 0.0286. The number of unbranched alkanes of at least 4 members (excludes halogenated alkanes) is 1. The lowest BCUT2D eigenvalue weighted by molar-refractivity contribution is -0.143. The van der Waals surface area contributed by atoms with Crippen molar-refractivity contribution < 1.29 is 156 Å². The molecule has 1 rings (SSSR count). The van der Waals surface area contributed by atoms with Crippen LogP contribution in [-0.4, -0.2) is 355 Å². The van der Waals surface area contributed by atoms with Crippen molar-refractivity contribution in [2.75, 3.05) is 39.5 Å². The summed E-state index contributed by atoms with van der Waals surface area (Å²) in [5.41, 5.74) is 33.3. The van der Waals surface area contributed by atoms with Crippen molar-refractivity contribution in [1.82, 2.24) is 106 Å². The molecule has 41 N–H and O–H groups in total. The molecule has 59 nitrogen and oxygen atoms in total. The number of benzene rings is 1. The molecule has 1 aromatic rings. The lowest BCUT2D eigenvalue weighted by Crippen LogP contribution is -2.63. The lowest BCUT2D eigenvalue weighted by atomic mass is 9.94. The highest BCUT2D eigenvalue weighted by Crippen LogP contribution is 2.19. The van der Waals surface area contributed by atoms with Gasteiger partial charge in [-0.2, -0.15) is 0 Å². The second-order valence-corrected chi connectivity index (χ2v) is 36.7. The van der Waals surface area contributed by atoms with E-state index in [2.05, 4.69) is 101 Å². The van der Waals surface area contributed by atoms with Gasteiger partial charge in [0.05, 0.1) is 64.3 Å². The highest BCUT2D eigenvalue weighted by atomic mass is 16.4. The Balaban J connectivity index is 3.51. The number of carbonyl (C=O) groups excluding carboxylic acids is 22. The van der Waals surface area contributed by atoms with Gasteiger partial charge in [-0.05, 0) is 114 Å². The first-order valence-corrected chi connectivity index (χ1v) is 48.7. The van der Waals surface area contributed by atoms with Gasteiger partial charge in [0.15, 0.2) is 5.96 Å². The summed E-state index contributed by atoms with van der Waals surface area (Å²) in [4.78, 5) is 327. The maximum absolute atomic E-state index is 14.6. The topological polar surface area (TPSA) is 992 Å². The molecule has 0 saturated carbocycles. The quantitative estimate of drug-likeness (QED) is 0.0164. The first-order chi connectivity index (χ1) is 70.2. The van der Waals surface area contributed by atoms with Crippen LogP contribution in [0.1, 0.15) is 186 Å². The number of hydrogen-bond acceptors (Lipinski definition) is 33. The van der Waals surface area contributed by atoms with Gasteiger partial charge in [0.2, 0.25) is 130 Å². The molecule has 150 heavy (non-hydrogen) atoms. The predicted octanol–water partition coefficient (Wildman–Crippen LogP) is -13.7. The summed E-state index contributed by atoms with van der Waals surface area (Å²) in [5, 5.41) is 135. The van der Waals surface area contributed by atoms with Gasteiger partial charge in [0, 0.05) is 13.0 Å². The Morgan fingerprint density at radius 3 is 0.913 bits per heavy atom. The minimum Gasteiger partial charge on any atom is -0.508 e. The summed E-state index contributed by atoms with van der Waals surface area (Å²) in [7, 11) is 0. The van der Waals surface area contributed by atoms with Gasteiger partial charge in [-0.3, -0.25) is 116 Å². The third kappa shape index (κ3) is 46.8. The third-order valence-electron chi connectivity index (χ3n) is 24.0. The SMILES string of the molecule is CC[C@H](C)[C@H](NC(=O)[C@H](C)NC(=O)[C@H](CC(=O)O)NC(=O)[C@H](CO)NC(=O)[C@@H](NC(=O)[C@H](CO)NC(=O)[C@H](CCCCN)NC(=O)[C@H](CO)NC(=O)[C@H](CC(N)=O)NC(=O)[C@@H](NC(=O)[C@@H](NC(=O)[C@H](C)NC(=O)[C@H](CC(N)=O)NC(=O)[C@@H](NC(=O)[C@H](Cc1ccc(O)cc1)NC(=O)[C@H](CO)NC(=O)[C@@H](NC(=O)[C@H](C)N)[C@@H](C)O)[C@@H](C)CC)[C@@H](C)CC)[C@@H](C)CC)C(C)C)C(=O)N[C@@H](CC(N)=O)C(=O)N[C@@H](CCCNC(=N)N)C(=O)O. The predicted molar refractivity (Wildman–Crippen MR) is 530 cm³/mol. The van der Waals surface area contributed by atoms with Crippen LogP contribution in [0.15, 0.2) is 24.3 Å². The third-order valence-corrected chi connectivity index (χ3v) is 24.0. The molecule has 0 heterocycles. The van der Waals surface area contributed by atoms with E-state index in [1.165, 1.54) is 72.7 Å². The average Bonchev–Trinajstić information content (AvgIpc) is 0.839. The van der Waals surface area contributed by atoms with Crippen molar-refractivity contribution in [3.8, 4) is 5.75 Å². The number of nitrogens with two attached hydrogens (primary N) is 6. The number of aliphatic hydroxyl groups is 5. The largest absolute Gasteiger partial charge is 0.508 e. The maximum atomic E-state index is 14.6. The zero-order valence-electron chi connectivity index (χ0n) is 86.3. The van der Waals surface area contributed by atoms with E-state index in [0.29, 0.717) is 5.56 Å². The molecule has 844 valence electrons. The Morgan fingerprint density at radius 1 is 0.313 bits per heavy atom. The Bertz CT molecular complexity index is 4800. The van der Waals surface area contributed by atoms with Gasteiger partial charge in [-0.1, -0.05) is 107 Å². The first kappa shape index (κ1) is 133. The number of amides is 22. The molecule has 22 amide bonds. The van der Waals surface area contributed by atoms with E-state index in [4.69, 9.17) is 39.8 Å². The molecule has 0 aliphatic rings. The molecule has 0 radical (unpaired) electrons. The zero-order valence-corrected chi connectivity index (χ0v) is 86.3. The van der Waals surface area contributed by atoms with Crippen LogP contribution in [0.4, 0.5) is 0 Å². The molecule has 1 aromatic carbocycles. The molecule has 0 saturated heterocycles. The molecule has 59 heteroatoms. The number of hydrogen-bond donors (Lipinski definition) is 35. The van der Waals surface area contributed by atoms with Gasteiger partial charge in [-0.15, -0.1) is 0 Å². The van der Waals surface area contributed by atoms with E-state index < -0.39 is 356 Å². The number of nitrogens with one attached hydrogen (secondary N) is 21. The van der Waals surface area contributed by atoms with Crippen LogP contribution in [0.5, 0.6) is 5.75 Å². The van der Waals surface area contributed by atoms with E-state index in [1.54, 1.807) is 27.7 Å². The molecule has 0 unspecified atom stereocenters. The number of guanidine groups is 1. The summed E-state index contributed by atoms with van der Waals surface area (Å²) in [6, 6.07) is -29.7. The number of carbonyl (C=O) groups is 24. The number of primary amides is 3. The van der Waals surface area contributed by atoms with Crippen molar-refractivity contribution in [3.05, 3.63) is 29.8 Å². The summed E-state index contributed by atoms with van der Waals surface area (Å²) >= 11 is 0. The summed E-state index contributed by atoms with van der Waals surface area (Å²) in [6.45, 7) is 15.0. The number of aliphatic carboxylic acids is 2. The molecule has 0 bridgehead atoms. The normalized spacial score (nSPS) is 16.1. The highest BCUT2D eigenvalue weighted by molar-refractivity contribution is 6.04. The summed E-state index contributed by atoms with van der Waals surface area (Å²) in [5.74, 6) is -34.0. The van der Waals surface area contributed by atoms with Gasteiger partial charge in [-0.25, -0.2) is 4.79 Å². The number of aliphatic hydroxyl groups excluding tert-OH is 5. The Kier molecular flexibility index (Phi) is 59.8. The zero-order chi connectivity index (χ0) is 115. The number of carboxylic acid groups (broad SMARTS) is 2. The molecule has 0 fully saturated rings. The standard InChI is InChI=1S/C91H153N27O32/c1-15-40(7)66(85(144)107-54(32-62(95)126)77(136)103-51(90(149)150)23-21-29-99-91(97)98)114-72(131)46(13)101-76(135)56(34-64(128)129)105-82(141)58(36-120)111-84(143)65(39(5)6)113-83(142)60(38-122)109-74(133)50(22-19-20-28-92)102-80(139)57(35-119)110-78(137)55(33-63(96)127)108-87(146)68(42(9)17-3)117-88(147)69(43(10)18-4)115-73(132)45(12)100-75(134)53(31-61(94)125)106-86(145)67(41(8)16-2)116-79(138)52(30-48-24-26-49(124)27-25-48)104-81(140)59(37-121)112-89(148)70(47(14)123)118-71(130)44(11)93/h24-27,39-47,50-60,65-70,119-124H,15-23,28-38,92-93H2,1-14H3,(H2,94,125)(H2,95,126)(H2,96,127)(H,100,134)(H,101,135)(H,102,139)(H,103,136)(H,104,140)(H,105,141)(H,106,145)(H,107,144)(H,108,146)(H,109,133)(H,110,137)(H,111,143)(H,112,148)(H,113,142)(H,114,131)(H,115,132)(H,116,138)(H,117,147)(H,118,130)(H,128,129)(H,149,150)(H4,97,98,99)/t40-,41-,42-,43-,44-,45-,46-,47+,50-,51-,52-,53-,54-,55-,56-,57-,58-,59-,60-,65-,66-,67-,68-,69-,70-/m0/s1. The van der Waals surface area contributed by atoms with Gasteiger partial charge >= 0.3 is 11.9 Å². The van der Waals surface area contributed by atoms with E-state index in [1.807, 2.05) is 5.32 Å². The summed E-state index contributed by atoms with van der Waals surface area (Å²) in [6.07, 6.45) is -5.58. The van der Waals surface area contributed by atoms with Crippen molar-refractivity contribution in [1.29, 1.82) is 5.41 Å². The van der Waals surface area contributed by atoms with Crippen LogP contribution in [0.2, 0.25) is 0 Å². The fourth-order valence-electron chi connectivity index (χ4n) is 14.1. The van der Waals surface area contributed by atoms with Gasteiger partial charge in [0.25, 0.3) is 0 Å². The fourth-order valence-corrected chi connectivity index (χ4v) is 14.1. The molecular weight excluding hydrogens is 1980 g/mol. The number of aromatic hydroxyl groups is 1. The van der Waals surface area contributed by atoms with Gasteiger partial charge in [0.1, 0.15) is 121 Å². The number of phenolic OH excluding ortho intramolecular Hbond substituents is 1. The van der Waals surface area contributed by atoms with Crippen LogP contribution >= 0.6 is 0 Å². The maximum Gasteiger partial charge on any atom is 0.326 e. The Hall–Kier alpha value is -14.7. The number of carboxylic acids is 2. The van der Waals surface area contributed by atoms with Gasteiger partial charge < -0.3 is 182 Å². The molecule has 0 aliphatic heterocycles. The molecule has 0 spiro atoms.